The summed E-state index contributed by atoms with van der Waals surface area (Å²) in [6.45, 7) is 7.48. The molecule has 5 aromatic rings. The number of carbonyl (C=O) groups is 1. The molecule has 11 nitrogen and oxygen atoms in total. The first-order valence-electron chi connectivity index (χ1n) is 15.3. The molecule has 1 saturated carbocycles. The standard InChI is InChI=1S/C34H39N5O6S/c1-33(2,3)45-31(40)36-34(4)18-16-23(17-19-34)39-29-27(37(5)32(39)41)20-35-30-28(29)26(22-12-14-24(44-6)15-13-22)21-38(30)46(42,43)25-10-8-7-9-11-25/h7-15,20-21,23H,16-19H2,1-6H3,(H,36,40). The molecule has 1 fully saturated rings. The maximum atomic E-state index is 14.0. The predicted octanol–water partition coefficient (Wildman–Crippen LogP) is 6.00. The van der Waals surface area contributed by atoms with Crippen molar-refractivity contribution in [1.29, 1.82) is 0 Å². The number of methoxy groups -OCH3 is 1. The summed E-state index contributed by atoms with van der Waals surface area (Å²) < 4.78 is 43.5. The minimum absolute atomic E-state index is 0.129. The Morgan fingerprint density at radius 2 is 1.70 bits per heavy atom. The van der Waals surface area contributed by atoms with E-state index in [2.05, 4.69) is 10.3 Å². The summed E-state index contributed by atoms with van der Waals surface area (Å²) >= 11 is 0. The van der Waals surface area contributed by atoms with Crippen LogP contribution in [0.5, 0.6) is 5.75 Å². The zero-order valence-corrected chi connectivity index (χ0v) is 27.7. The zero-order valence-electron chi connectivity index (χ0n) is 26.9. The van der Waals surface area contributed by atoms with Crippen molar-refractivity contribution >= 4 is 38.2 Å². The molecule has 1 aliphatic carbocycles. The van der Waals surface area contributed by atoms with Gasteiger partial charge in [0.05, 0.1) is 34.6 Å². The number of imidazole rings is 1. The second-order valence-electron chi connectivity index (χ2n) is 13.2. The Bertz CT molecular complexity index is 2100. The number of aryl methyl sites for hydroxylation is 1. The summed E-state index contributed by atoms with van der Waals surface area (Å²) in [5.41, 5.74) is 1.52. The molecular weight excluding hydrogens is 606 g/mol. The number of alkyl carbamates (subject to hydrolysis) is 1. The minimum atomic E-state index is -4.03. The van der Waals surface area contributed by atoms with Crippen molar-refractivity contribution in [3.05, 3.63) is 77.5 Å². The molecule has 0 atom stereocenters. The molecule has 0 radical (unpaired) electrons. The lowest BCUT2D eigenvalue weighted by atomic mass is 9.80. The van der Waals surface area contributed by atoms with Crippen LogP contribution in [0, 0.1) is 0 Å². The van der Waals surface area contributed by atoms with E-state index in [9.17, 15) is 18.0 Å². The van der Waals surface area contributed by atoms with Crippen LogP contribution in [0.1, 0.15) is 59.4 Å². The third-order valence-electron chi connectivity index (χ3n) is 8.76. The van der Waals surface area contributed by atoms with Crippen LogP contribution in [-0.2, 0) is 21.8 Å². The Morgan fingerprint density at radius 1 is 1.04 bits per heavy atom. The van der Waals surface area contributed by atoms with Crippen molar-refractivity contribution in [3.63, 3.8) is 0 Å². The molecule has 1 N–H and O–H groups in total. The Hall–Kier alpha value is -4.58. The number of carbonyl (C=O) groups excluding carboxylic acids is 1. The van der Waals surface area contributed by atoms with Gasteiger partial charge in [-0.1, -0.05) is 30.3 Å². The van der Waals surface area contributed by atoms with Crippen LogP contribution in [0.4, 0.5) is 4.79 Å². The van der Waals surface area contributed by atoms with Crippen LogP contribution in [0.2, 0.25) is 0 Å². The Morgan fingerprint density at radius 3 is 2.30 bits per heavy atom. The Labute approximate surface area is 267 Å². The molecule has 2 aromatic carbocycles. The van der Waals surface area contributed by atoms with Crippen molar-refractivity contribution in [3.8, 4) is 16.9 Å². The van der Waals surface area contributed by atoms with Crippen LogP contribution in [0.25, 0.3) is 33.2 Å². The van der Waals surface area contributed by atoms with Crippen LogP contribution in [-0.4, -0.2) is 50.9 Å². The second kappa shape index (κ2) is 11.3. The second-order valence-corrected chi connectivity index (χ2v) is 15.0. The van der Waals surface area contributed by atoms with Crippen LogP contribution >= 0.6 is 0 Å². The van der Waals surface area contributed by atoms with E-state index < -0.39 is 27.3 Å². The SMILES string of the molecule is COc1ccc(-c2cn(S(=O)(=O)c3ccccc3)c3ncc4c(c23)n(C2CCC(C)(NC(=O)OC(C)(C)C)CC2)c(=O)n4C)cc1. The van der Waals surface area contributed by atoms with Gasteiger partial charge >= 0.3 is 11.8 Å². The minimum Gasteiger partial charge on any atom is -0.497 e. The van der Waals surface area contributed by atoms with Gasteiger partial charge in [-0.2, -0.15) is 0 Å². The lowest BCUT2D eigenvalue weighted by molar-refractivity contribution is 0.0427. The molecule has 6 rings (SSSR count). The van der Waals surface area contributed by atoms with E-state index in [0.717, 1.165) is 5.56 Å². The smallest absolute Gasteiger partial charge is 0.408 e. The van der Waals surface area contributed by atoms with Gasteiger partial charge in [-0.15, -0.1) is 0 Å². The van der Waals surface area contributed by atoms with E-state index in [-0.39, 0.29) is 22.3 Å². The Balaban J connectivity index is 1.51. The molecule has 46 heavy (non-hydrogen) atoms. The first-order chi connectivity index (χ1) is 21.7. The summed E-state index contributed by atoms with van der Waals surface area (Å²) in [7, 11) is -0.742. The van der Waals surface area contributed by atoms with E-state index in [1.54, 1.807) is 66.0 Å². The number of hydrogen-bond acceptors (Lipinski definition) is 7. The topological polar surface area (TPSA) is 126 Å². The van der Waals surface area contributed by atoms with Gasteiger partial charge in [0, 0.05) is 30.4 Å². The fourth-order valence-corrected chi connectivity index (χ4v) is 7.72. The van der Waals surface area contributed by atoms with E-state index in [4.69, 9.17) is 9.47 Å². The number of benzene rings is 2. The highest BCUT2D eigenvalue weighted by atomic mass is 32.2. The molecule has 0 saturated heterocycles. The predicted molar refractivity (Wildman–Crippen MR) is 177 cm³/mol. The van der Waals surface area contributed by atoms with Crippen molar-refractivity contribution in [1.82, 2.24) is 23.4 Å². The number of fused-ring (bicyclic) bond motifs is 3. The highest BCUT2D eigenvalue weighted by Crippen LogP contribution is 2.41. The van der Waals surface area contributed by atoms with Gasteiger partial charge in [0.2, 0.25) is 0 Å². The summed E-state index contributed by atoms with van der Waals surface area (Å²) in [6.07, 6.45) is 5.19. The van der Waals surface area contributed by atoms with Crippen molar-refractivity contribution in [2.24, 2.45) is 7.05 Å². The highest BCUT2D eigenvalue weighted by Gasteiger charge is 2.36. The molecule has 3 aromatic heterocycles. The number of aromatic nitrogens is 4. The molecule has 0 spiro atoms. The van der Waals surface area contributed by atoms with Gasteiger partial charge in [-0.05, 0) is 83.2 Å². The van der Waals surface area contributed by atoms with Gasteiger partial charge in [0.1, 0.15) is 11.4 Å². The number of pyridine rings is 1. The summed E-state index contributed by atoms with van der Waals surface area (Å²) in [6, 6.07) is 15.4. The first-order valence-corrected chi connectivity index (χ1v) is 16.7. The molecule has 12 heteroatoms. The average molecular weight is 646 g/mol. The van der Waals surface area contributed by atoms with E-state index in [1.807, 2.05) is 52.0 Å². The lowest BCUT2D eigenvalue weighted by Gasteiger charge is -2.38. The van der Waals surface area contributed by atoms with Crippen molar-refractivity contribution < 1.29 is 22.7 Å². The van der Waals surface area contributed by atoms with Gasteiger partial charge in [-0.25, -0.2) is 27.0 Å². The summed E-state index contributed by atoms with van der Waals surface area (Å²) in [5.74, 6) is 0.662. The number of nitrogens with zero attached hydrogens (tertiary/aromatic N) is 4. The molecule has 242 valence electrons. The van der Waals surface area contributed by atoms with Gasteiger partial charge in [-0.3, -0.25) is 9.13 Å². The Kier molecular flexibility index (Phi) is 7.74. The average Bonchev–Trinajstić information content (AvgIpc) is 3.53. The van der Waals surface area contributed by atoms with E-state index in [0.29, 0.717) is 53.4 Å². The van der Waals surface area contributed by atoms with Crippen LogP contribution < -0.4 is 15.7 Å². The quantitative estimate of drug-likeness (QED) is 0.240. The first kappa shape index (κ1) is 31.4. The third kappa shape index (κ3) is 5.55. The fourth-order valence-electron chi connectivity index (χ4n) is 6.38. The number of rotatable bonds is 6. The molecule has 0 aliphatic heterocycles. The van der Waals surface area contributed by atoms with E-state index in [1.165, 1.54) is 3.97 Å². The molecule has 0 bridgehead atoms. The molecule has 3 heterocycles. The van der Waals surface area contributed by atoms with Crippen LogP contribution in [0.15, 0.2) is 76.7 Å². The number of amides is 1. The van der Waals surface area contributed by atoms with Crippen LogP contribution in [0.3, 0.4) is 0 Å². The molecule has 1 aliphatic rings. The number of hydrogen-bond donors (Lipinski definition) is 1. The molecule has 0 unspecified atom stereocenters. The summed E-state index contributed by atoms with van der Waals surface area (Å²) in [5, 5.41) is 3.61. The maximum Gasteiger partial charge on any atom is 0.408 e. The molecule has 1 amide bonds. The largest absolute Gasteiger partial charge is 0.497 e. The van der Waals surface area contributed by atoms with E-state index >= 15 is 0 Å². The number of ether oxygens (including phenoxy) is 2. The monoisotopic (exact) mass is 645 g/mol. The van der Waals surface area contributed by atoms with Gasteiger partial charge in [0.25, 0.3) is 10.0 Å². The van der Waals surface area contributed by atoms with Gasteiger partial charge < -0.3 is 14.8 Å². The normalized spacial score (nSPS) is 19.0. The number of nitrogens with one attached hydrogen (secondary N) is 1. The third-order valence-corrected chi connectivity index (χ3v) is 10.4. The van der Waals surface area contributed by atoms with Gasteiger partial charge in [0.15, 0.2) is 5.65 Å². The highest BCUT2D eigenvalue weighted by molar-refractivity contribution is 7.90. The maximum absolute atomic E-state index is 14.0. The molecular formula is C34H39N5O6S. The fraction of sp³-hybridized carbons (Fsp3) is 0.382. The zero-order chi connectivity index (χ0) is 33.0. The van der Waals surface area contributed by atoms with Crippen molar-refractivity contribution in [2.75, 3.05) is 7.11 Å². The van der Waals surface area contributed by atoms with Crippen molar-refractivity contribution in [2.45, 2.75) is 75.5 Å². The lowest BCUT2D eigenvalue weighted by Crippen LogP contribution is -2.50. The summed E-state index contributed by atoms with van der Waals surface area (Å²) in [4.78, 5) is 31.3.